The van der Waals surface area contributed by atoms with E-state index in [0.29, 0.717) is 12.1 Å². The van der Waals surface area contributed by atoms with Gasteiger partial charge in [0, 0.05) is 25.2 Å². The van der Waals surface area contributed by atoms with Crippen LogP contribution in [0.3, 0.4) is 0 Å². The van der Waals surface area contributed by atoms with Crippen molar-refractivity contribution in [2.75, 3.05) is 39.4 Å². The zero-order valence-electron chi connectivity index (χ0n) is 11.0. The number of hydrogen-bond acceptors (Lipinski definition) is 3. The number of benzene rings is 1. The van der Waals surface area contributed by atoms with Crippen molar-refractivity contribution in [2.45, 2.75) is 13.0 Å². The second kappa shape index (κ2) is 7.80. The highest BCUT2D eigenvalue weighted by Crippen LogP contribution is 2.17. The fourth-order valence-corrected chi connectivity index (χ4v) is 2.35. The number of morpholine rings is 1. The van der Waals surface area contributed by atoms with Crippen LogP contribution in [0.25, 0.3) is 0 Å². The molecule has 1 aromatic carbocycles. The van der Waals surface area contributed by atoms with Crippen LogP contribution < -0.4 is 5.32 Å². The zero-order chi connectivity index (χ0) is 13.5. The molecule has 1 heterocycles. The van der Waals surface area contributed by atoms with Crippen molar-refractivity contribution < 1.29 is 9.13 Å². The van der Waals surface area contributed by atoms with E-state index in [1.54, 1.807) is 18.2 Å². The van der Waals surface area contributed by atoms with E-state index in [1.807, 2.05) is 0 Å². The van der Waals surface area contributed by atoms with Crippen LogP contribution in [0.1, 0.15) is 12.0 Å². The molecule has 0 amide bonds. The third-order valence-corrected chi connectivity index (χ3v) is 3.57. The van der Waals surface area contributed by atoms with Crippen LogP contribution in [-0.2, 0) is 11.3 Å². The number of ether oxygens (including phenoxy) is 1. The van der Waals surface area contributed by atoms with Crippen LogP contribution in [0, 0.1) is 5.82 Å². The van der Waals surface area contributed by atoms with Gasteiger partial charge in [-0.1, -0.05) is 23.7 Å². The Morgan fingerprint density at radius 1 is 1.32 bits per heavy atom. The molecule has 2 rings (SSSR count). The van der Waals surface area contributed by atoms with E-state index in [0.717, 1.165) is 45.8 Å². The Kier molecular flexibility index (Phi) is 6.04. The molecular weight excluding hydrogens is 267 g/mol. The number of rotatable bonds is 6. The predicted molar refractivity (Wildman–Crippen MR) is 75.0 cm³/mol. The number of nitrogens with one attached hydrogen (secondary N) is 1. The van der Waals surface area contributed by atoms with Crippen molar-refractivity contribution in [3.05, 3.63) is 34.6 Å². The van der Waals surface area contributed by atoms with Crippen molar-refractivity contribution in [2.24, 2.45) is 0 Å². The Morgan fingerprint density at radius 3 is 2.89 bits per heavy atom. The summed E-state index contributed by atoms with van der Waals surface area (Å²) in [6, 6.07) is 5.10. The van der Waals surface area contributed by atoms with Crippen molar-refractivity contribution >= 4 is 11.6 Å². The molecule has 0 spiro atoms. The predicted octanol–water partition coefficient (Wildman–Crippen LogP) is 2.29. The number of halogens is 2. The molecule has 1 aliphatic rings. The summed E-state index contributed by atoms with van der Waals surface area (Å²) < 4.78 is 18.9. The van der Waals surface area contributed by atoms with Gasteiger partial charge >= 0.3 is 0 Å². The van der Waals surface area contributed by atoms with Gasteiger partial charge in [0.25, 0.3) is 0 Å². The van der Waals surface area contributed by atoms with Crippen LogP contribution in [-0.4, -0.2) is 44.3 Å². The Hall–Kier alpha value is -0.680. The maximum absolute atomic E-state index is 13.6. The lowest BCUT2D eigenvalue weighted by molar-refractivity contribution is 0.0374. The monoisotopic (exact) mass is 286 g/mol. The molecule has 1 aromatic rings. The van der Waals surface area contributed by atoms with E-state index in [2.05, 4.69) is 10.2 Å². The molecule has 1 saturated heterocycles. The average Bonchev–Trinajstić information content (AvgIpc) is 2.44. The Bertz CT molecular complexity index is 397. The smallest absolute Gasteiger partial charge is 0.146 e. The van der Waals surface area contributed by atoms with Gasteiger partial charge in [-0.15, -0.1) is 0 Å². The van der Waals surface area contributed by atoms with Gasteiger partial charge in [0.1, 0.15) is 5.82 Å². The molecule has 0 radical (unpaired) electrons. The fourth-order valence-electron chi connectivity index (χ4n) is 2.16. The van der Waals surface area contributed by atoms with Crippen LogP contribution >= 0.6 is 11.6 Å². The summed E-state index contributed by atoms with van der Waals surface area (Å²) in [6.07, 6.45) is 1.06. The molecule has 0 aromatic heterocycles. The summed E-state index contributed by atoms with van der Waals surface area (Å²) >= 11 is 5.73. The second-order valence-corrected chi connectivity index (χ2v) is 5.10. The number of hydrogen-bond donors (Lipinski definition) is 1. The molecular formula is C14H20ClFN2O. The fraction of sp³-hybridized carbons (Fsp3) is 0.571. The van der Waals surface area contributed by atoms with Crippen molar-refractivity contribution in [3.63, 3.8) is 0 Å². The van der Waals surface area contributed by atoms with Gasteiger partial charge in [-0.3, -0.25) is 4.90 Å². The molecule has 0 saturated carbocycles. The van der Waals surface area contributed by atoms with Crippen molar-refractivity contribution in [1.29, 1.82) is 0 Å². The largest absolute Gasteiger partial charge is 0.379 e. The summed E-state index contributed by atoms with van der Waals surface area (Å²) in [7, 11) is 0. The molecule has 5 heteroatoms. The average molecular weight is 287 g/mol. The highest BCUT2D eigenvalue weighted by Gasteiger charge is 2.09. The quantitative estimate of drug-likeness (QED) is 0.812. The first-order chi connectivity index (χ1) is 9.27. The molecule has 0 unspecified atom stereocenters. The van der Waals surface area contributed by atoms with Crippen LogP contribution in [0.5, 0.6) is 0 Å². The van der Waals surface area contributed by atoms with Gasteiger partial charge in [-0.25, -0.2) is 4.39 Å². The summed E-state index contributed by atoms with van der Waals surface area (Å²) in [5.41, 5.74) is 0.624. The standard InChI is InChI=1S/C14H20ClFN2O/c15-13-4-1-3-12(14(13)16)11-17-5-2-6-18-7-9-19-10-8-18/h1,3-4,17H,2,5-11H2. The van der Waals surface area contributed by atoms with Crippen LogP contribution in [0.4, 0.5) is 4.39 Å². The summed E-state index contributed by atoms with van der Waals surface area (Å²) in [5.74, 6) is -0.315. The minimum absolute atomic E-state index is 0.188. The highest BCUT2D eigenvalue weighted by atomic mass is 35.5. The minimum atomic E-state index is -0.315. The first kappa shape index (κ1) is 14.7. The van der Waals surface area contributed by atoms with Gasteiger partial charge < -0.3 is 10.1 Å². The van der Waals surface area contributed by atoms with Gasteiger partial charge in [-0.05, 0) is 25.6 Å². The summed E-state index contributed by atoms with van der Waals surface area (Å²) in [5, 5.41) is 3.44. The first-order valence-electron chi connectivity index (χ1n) is 6.71. The van der Waals surface area contributed by atoms with E-state index in [9.17, 15) is 4.39 Å². The summed E-state index contributed by atoms with van der Waals surface area (Å²) in [4.78, 5) is 2.39. The van der Waals surface area contributed by atoms with Gasteiger partial charge in [0.15, 0.2) is 0 Å². The third kappa shape index (κ3) is 4.73. The first-order valence-corrected chi connectivity index (χ1v) is 7.09. The van der Waals surface area contributed by atoms with Crippen LogP contribution in [0.2, 0.25) is 5.02 Å². The van der Waals surface area contributed by atoms with Gasteiger partial charge in [-0.2, -0.15) is 0 Å². The van der Waals surface area contributed by atoms with E-state index in [-0.39, 0.29) is 10.8 Å². The van der Waals surface area contributed by atoms with E-state index < -0.39 is 0 Å². The molecule has 1 aliphatic heterocycles. The third-order valence-electron chi connectivity index (χ3n) is 3.28. The molecule has 0 aliphatic carbocycles. The van der Waals surface area contributed by atoms with Gasteiger partial charge in [0.2, 0.25) is 0 Å². The minimum Gasteiger partial charge on any atom is -0.379 e. The van der Waals surface area contributed by atoms with Gasteiger partial charge in [0.05, 0.1) is 18.2 Å². The Balaban J connectivity index is 1.62. The molecule has 19 heavy (non-hydrogen) atoms. The molecule has 3 nitrogen and oxygen atoms in total. The molecule has 1 fully saturated rings. The van der Waals surface area contributed by atoms with Crippen molar-refractivity contribution in [3.8, 4) is 0 Å². The molecule has 1 N–H and O–H groups in total. The topological polar surface area (TPSA) is 24.5 Å². The lowest BCUT2D eigenvalue weighted by atomic mass is 10.2. The van der Waals surface area contributed by atoms with Crippen molar-refractivity contribution in [1.82, 2.24) is 10.2 Å². The maximum Gasteiger partial charge on any atom is 0.146 e. The highest BCUT2D eigenvalue weighted by molar-refractivity contribution is 6.30. The normalized spacial score (nSPS) is 16.7. The molecule has 106 valence electrons. The van der Waals surface area contributed by atoms with E-state index in [1.165, 1.54) is 0 Å². The lowest BCUT2D eigenvalue weighted by Gasteiger charge is -2.26. The molecule has 0 atom stereocenters. The second-order valence-electron chi connectivity index (χ2n) is 4.70. The van der Waals surface area contributed by atoms with E-state index >= 15 is 0 Å². The molecule has 0 bridgehead atoms. The SMILES string of the molecule is Fc1c(Cl)cccc1CNCCCN1CCOCC1. The van der Waals surface area contributed by atoms with E-state index in [4.69, 9.17) is 16.3 Å². The summed E-state index contributed by atoms with van der Waals surface area (Å²) in [6.45, 7) is 6.17. The Morgan fingerprint density at radius 2 is 2.11 bits per heavy atom. The Labute approximate surface area is 118 Å². The maximum atomic E-state index is 13.6. The number of nitrogens with zero attached hydrogens (tertiary/aromatic N) is 1. The lowest BCUT2D eigenvalue weighted by Crippen LogP contribution is -2.37. The van der Waals surface area contributed by atoms with Crippen LogP contribution in [0.15, 0.2) is 18.2 Å². The zero-order valence-corrected chi connectivity index (χ0v) is 11.8.